The summed E-state index contributed by atoms with van der Waals surface area (Å²) in [6.07, 6.45) is 24.2. The summed E-state index contributed by atoms with van der Waals surface area (Å²) in [7, 11) is 0. The minimum absolute atomic E-state index is 0.00651. The van der Waals surface area contributed by atoms with Gasteiger partial charge in [-0.25, -0.2) is 4.39 Å². The average molecular weight is 1060 g/mol. The van der Waals surface area contributed by atoms with Crippen molar-refractivity contribution in [3.05, 3.63) is 143 Å². The minimum Gasteiger partial charge on any atom is -0.374 e. The molecule has 0 radical (unpaired) electrons. The molecular formula is C67H99FN2O7. The Morgan fingerprint density at radius 2 is 1.05 bits per heavy atom. The van der Waals surface area contributed by atoms with Crippen molar-refractivity contribution in [3.8, 4) is 0 Å². The van der Waals surface area contributed by atoms with E-state index in [1.807, 2.05) is 42.5 Å². The first-order valence-electron chi connectivity index (χ1n) is 30.2. The van der Waals surface area contributed by atoms with E-state index in [-0.39, 0.29) is 48.0 Å². The van der Waals surface area contributed by atoms with Crippen LogP contribution < -0.4 is 10.6 Å². The quantitative estimate of drug-likeness (QED) is 0.0426. The number of nitrogens with one attached hydrogen (secondary N) is 2. The topological polar surface area (TPSA) is 104 Å². The van der Waals surface area contributed by atoms with E-state index in [9.17, 15) is 14.0 Å². The highest BCUT2D eigenvalue weighted by molar-refractivity contribution is 5.94. The average Bonchev–Trinajstić information content (AvgIpc) is 3.45. The number of hydrogen-bond acceptors (Lipinski definition) is 7. The summed E-state index contributed by atoms with van der Waals surface area (Å²) in [6, 6.07) is 36.5. The molecule has 9 nitrogen and oxygen atoms in total. The maximum absolute atomic E-state index is 14.2. The molecule has 0 bridgehead atoms. The van der Waals surface area contributed by atoms with Crippen molar-refractivity contribution in [2.45, 2.75) is 226 Å². The minimum atomic E-state index is -0.504. The zero-order valence-electron chi connectivity index (χ0n) is 47.8. The Balaban J connectivity index is 1.22. The summed E-state index contributed by atoms with van der Waals surface area (Å²) in [6.45, 7) is 11.6. The van der Waals surface area contributed by atoms with Crippen molar-refractivity contribution < 1.29 is 37.7 Å². The molecule has 0 aromatic heterocycles. The molecule has 4 aromatic rings. The number of hydrogen-bond donors (Lipinski definition) is 2. The molecule has 0 saturated carbocycles. The van der Waals surface area contributed by atoms with Gasteiger partial charge in [0.15, 0.2) is 6.29 Å². The maximum Gasteiger partial charge on any atom is 0.254 e. The lowest BCUT2D eigenvalue weighted by Crippen LogP contribution is -2.54. The van der Waals surface area contributed by atoms with Crippen molar-refractivity contribution in [2.75, 3.05) is 19.8 Å². The van der Waals surface area contributed by atoms with Crippen molar-refractivity contribution in [1.29, 1.82) is 0 Å². The number of benzene rings is 4. The van der Waals surface area contributed by atoms with Gasteiger partial charge in [-0.1, -0.05) is 253 Å². The third-order valence-corrected chi connectivity index (χ3v) is 15.8. The summed E-state index contributed by atoms with van der Waals surface area (Å²) in [5.41, 5.74) is 3.38. The van der Waals surface area contributed by atoms with Gasteiger partial charge in [-0.3, -0.25) is 9.59 Å². The molecule has 0 aliphatic carbocycles. The molecule has 426 valence electrons. The molecular weight excluding hydrogens is 964 g/mol. The predicted molar refractivity (Wildman–Crippen MR) is 311 cm³/mol. The number of carbonyl (C=O) groups is 2. The first kappa shape index (κ1) is 63.4. The molecule has 1 aliphatic rings. The van der Waals surface area contributed by atoms with Crippen LogP contribution in [0.2, 0.25) is 0 Å². The van der Waals surface area contributed by atoms with Crippen LogP contribution in [0.15, 0.2) is 115 Å². The maximum atomic E-state index is 14.2. The summed E-state index contributed by atoms with van der Waals surface area (Å²) in [5.74, 6) is -0.163. The second kappa shape index (κ2) is 39.0. The van der Waals surface area contributed by atoms with Gasteiger partial charge < -0.3 is 34.3 Å². The van der Waals surface area contributed by atoms with Crippen LogP contribution >= 0.6 is 0 Å². The van der Waals surface area contributed by atoms with Gasteiger partial charge in [0.05, 0.1) is 56.8 Å². The molecule has 0 spiro atoms. The van der Waals surface area contributed by atoms with Gasteiger partial charge in [-0.2, -0.15) is 0 Å². The third-order valence-electron chi connectivity index (χ3n) is 15.8. The fraction of sp³-hybridized carbons (Fsp3) is 0.612. The molecule has 5 rings (SSSR count). The van der Waals surface area contributed by atoms with Gasteiger partial charge in [0.1, 0.15) is 11.9 Å². The zero-order valence-corrected chi connectivity index (χ0v) is 47.8. The van der Waals surface area contributed by atoms with Crippen LogP contribution in [0.4, 0.5) is 4.39 Å². The smallest absolute Gasteiger partial charge is 0.254 e. The van der Waals surface area contributed by atoms with Crippen molar-refractivity contribution in [2.24, 2.45) is 17.8 Å². The van der Waals surface area contributed by atoms with Crippen LogP contribution in [-0.4, -0.2) is 62.2 Å². The molecule has 1 saturated heterocycles. The number of rotatable bonds is 42. The lowest BCUT2D eigenvalue weighted by Gasteiger charge is -2.44. The van der Waals surface area contributed by atoms with Crippen LogP contribution in [0, 0.1) is 23.6 Å². The molecule has 2 amide bonds. The molecule has 1 heterocycles. The summed E-state index contributed by atoms with van der Waals surface area (Å²) in [4.78, 5) is 26.6. The molecule has 1 fully saturated rings. The summed E-state index contributed by atoms with van der Waals surface area (Å²) < 4.78 is 48.0. The number of carbonyl (C=O) groups excluding carboxylic acids is 2. The first-order valence-corrected chi connectivity index (χ1v) is 30.2. The highest BCUT2D eigenvalue weighted by Crippen LogP contribution is 2.36. The monoisotopic (exact) mass is 1060 g/mol. The van der Waals surface area contributed by atoms with Gasteiger partial charge >= 0.3 is 0 Å². The molecule has 2 unspecified atom stereocenters. The molecule has 2 N–H and O–H groups in total. The second-order valence-corrected chi connectivity index (χ2v) is 22.1. The largest absolute Gasteiger partial charge is 0.374 e. The Morgan fingerprint density at radius 3 is 1.62 bits per heavy atom. The highest BCUT2D eigenvalue weighted by Gasteiger charge is 2.41. The lowest BCUT2D eigenvalue weighted by molar-refractivity contribution is -0.262. The Labute approximate surface area is 464 Å². The molecule has 8 atom stereocenters. The summed E-state index contributed by atoms with van der Waals surface area (Å²) in [5, 5.41) is 6.32. The van der Waals surface area contributed by atoms with Gasteiger partial charge in [0.25, 0.3) is 5.91 Å². The van der Waals surface area contributed by atoms with E-state index in [1.54, 1.807) is 12.1 Å². The van der Waals surface area contributed by atoms with E-state index in [0.29, 0.717) is 45.3 Å². The SMILES string of the molecule is CCCCCCCCCCCCCC[C@@H](OCc1ccccc1)[C@@H](OCc1ccccc1)[C@H](CO[C@H]1OC(COCc2ccccc2)[C@H](C)[C@H](C)C1C)NC(=O)CCCCCCCCCCCNC(=O)c1ccccc1F. The van der Waals surface area contributed by atoms with Crippen LogP contribution in [0.5, 0.6) is 0 Å². The third kappa shape index (κ3) is 25.5. The standard InChI is InChI=1S/C67H99FN2O7/c1-5-6-7-8-9-10-11-12-14-17-20-32-45-62(74-49-57-39-28-24-29-40-57)65(75-50-58-41-30-25-31-42-58)61(51-76-67-55(4)53(2)54(3)63(77-67)52-73-48-56-37-26-23-27-38-56)70-64(71)46-33-21-18-15-13-16-19-22-36-47-69-66(72)59-43-34-35-44-60(59)68/h23-31,34-35,37-44,53-55,61-63,65,67H,5-22,32-33,36,45-52H2,1-4H3,(H,69,72)(H,70,71)/t53-,54+,55?,61-,62+,63?,65-,67-/m0/s1. The van der Waals surface area contributed by atoms with Crippen LogP contribution in [0.1, 0.15) is 202 Å². The molecule has 77 heavy (non-hydrogen) atoms. The Morgan fingerprint density at radius 1 is 0.558 bits per heavy atom. The van der Waals surface area contributed by atoms with Gasteiger partial charge in [0, 0.05) is 18.9 Å². The van der Waals surface area contributed by atoms with Crippen molar-refractivity contribution in [1.82, 2.24) is 10.6 Å². The van der Waals surface area contributed by atoms with Crippen LogP contribution in [0.3, 0.4) is 0 Å². The Kier molecular flexibility index (Phi) is 32.1. The fourth-order valence-electron chi connectivity index (χ4n) is 10.6. The van der Waals surface area contributed by atoms with Gasteiger partial charge in [-0.05, 0) is 59.9 Å². The van der Waals surface area contributed by atoms with E-state index < -0.39 is 24.3 Å². The number of amides is 2. The van der Waals surface area contributed by atoms with Crippen LogP contribution in [-0.2, 0) is 48.3 Å². The number of halogens is 1. The first-order chi connectivity index (χ1) is 37.7. The zero-order chi connectivity index (χ0) is 54.6. The predicted octanol–water partition coefficient (Wildman–Crippen LogP) is 16.1. The normalized spacial score (nSPS) is 18.6. The highest BCUT2D eigenvalue weighted by atomic mass is 19.1. The van der Waals surface area contributed by atoms with Gasteiger partial charge in [-0.15, -0.1) is 0 Å². The molecule has 1 aliphatic heterocycles. The van der Waals surface area contributed by atoms with E-state index in [4.69, 9.17) is 23.7 Å². The number of ether oxygens (including phenoxy) is 5. The summed E-state index contributed by atoms with van der Waals surface area (Å²) >= 11 is 0. The van der Waals surface area contributed by atoms with Crippen molar-refractivity contribution in [3.63, 3.8) is 0 Å². The van der Waals surface area contributed by atoms with E-state index >= 15 is 0 Å². The van der Waals surface area contributed by atoms with Crippen molar-refractivity contribution >= 4 is 11.8 Å². The molecule has 10 heteroatoms. The lowest BCUT2D eigenvalue weighted by atomic mass is 9.79. The fourth-order valence-corrected chi connectivity index (χ4v) is 10.6. The van der Waals surface area contributed by atoms with E-state index in [0.717, 1.165) is 93.7 Å². The molecule has 4 aromatic carbocycles. The van der Waals surface area contributed by atoms with E-state index in [1.165, 1.54) is 76.3 Å². The Hall–Kier alpha value is -4.45. The number of unbranched alkanes of at least 4 members (excludes halogenated alkanes) is 19. The second-order valence-electron chi connectivity index (χ2n) is 22.1. The van der Waals surface area contributed by atoms with Crippen LogP contribution in [0.25, 0.3) is 0 Å². The Bertz CT molecular complexity index is 2110. The van der Waals surface area contributed by atoms with Gasteiger partial charge in [0.2, 0.25) is 5.91 Å². The van der Waals surface area contributed by atoms with E-state index in [2.05, 4.69) is 86.9 Å².